The van der Waals surface area contributed by atoms with Gasteiger partial charge in [-0.15, -0.1) is 0 Å². The average molecular weight is 377 g/mol. The van der Waals surface area contributed by atoms with E-state index in [0.29, 0.717) is 26.1 Å². The summed E-state index contributed by atoms with van der Waals surface area (Å²) >= 11 is 0. The first-order valence-electron chi connectivity index (χ1n) is 9.96. The molecule has 27 heavy (non-hydrogen) atoms. The van der Waals surface area contributed by atoms with Crippen LogP contribution in [0.5, 0.6) is 0 Å². The zero-order chi connectivity index (χ0) is 19.5. The number of nitrogens with one attached hydrogen (secondary N) is 3. The van der Waals surface area contributed by atoms with Gasteiger partial charge in [0.2, 0.25) is 5.91 Å². The molecule has 3 N–H and O–H groups in total. The number of carbonyl (C=O) groups excluding carboxylic acids is 2. The molecule has 0 saturated heterocycles. The maximum Gasteiger partial charge on any atom is 0.315 e. The fourth-order valence-corrected chi connectivity index (χ4v) is 3.28. The molecule has 7 nitrogen and oxygen atoms in total. The molecular weight excluding hydrogens is 344 g/mol. The van der Waals surface area contributed by atoms with Crippen LogP contribution in [-0.2, 0) is 16.1 Å². The van der Waals surface area contributed by atoms with Gasteiger partial charge in [0.05, 0.1) is 12.1 Å². The van der Waals surface area contributed by atoms with E-state index in [4.69, 9.17) is 4.74 Å². The summed E-state index contributed by atoms with van der Waals surface area (Å²) in [5.74, 6) is -0.0451. The minimum absolute atomic E-state index is 0.0470. The van der Waals surface area contributed by atoms with E-state index in [-0.39, 0.29) is 30.0 Å². The summed E-state index contributed by atoms with van der Waals surface area (Å²) in [5, 5.41) is 8.86. The molecule has 2 rings (SSSR count). The van der Waals surface area contributed by atoms with E-state index in [2.05, 4.69) is 27.9 Å². The highest BCUT2D eigenvalue weighted by Crippen LogP contribution is 2.27. The van der Waals surface area contributed by atoms with Crippen LogP contribution in [0.4, 0.5) is 4.79 Å². The van der Waals surface area contributed by atoms with Crippen LogP contribution in [0.15, 0.2) is 24.5 Å². The number of rotatable bonds is 9. The van der Waals surface area contributed by atoms with Gasteiger partial charge in [0, 0.05) is 38.0 Å². The van der Waals surface area contributed by atoms with E-state index in [0.717, 1.165) is 31.2 Å². The number of amides is 3. The first-order valence-corrected chi connectivity index (χ1v) is 9.96. The van der Waals surface area contributed by atoms with Crippen LogP contribution in [0.25, 0.3) is 0 Å². The Balaban J connectivity index is 1.87. The maximum atomic E-state index is 12.6. The van der Waals surface area contributed by atoms with Crippen LogP contribution >= 0.6 is 0 Å². The van der Waals surface area contributed by atoms with Gasteiger partial charge in [-0.25, -0.2) is 4.79 Å². The molecule has 1 aromatic heterocycles. The Kier molecular flexibility index (Phi) is 9.04. The third-order valence-electron chi connectivity index (χ3n) is 4.77. The van der Waals surface area contributed by atoms with Crippen molar-refractivity contribution >= 4 is 11.9 Å². The summed E-state index contributed by atoms with van der Waals surface area (Å²) in [5.41, 5.74) is 1.03. The number of ether oxygens (including phenoxy) is 1. The summed E-state index contributed by atoms with van der Waals surface area (Å²) in [7, 11) is 0. The molecular formula is C20H32N4O3. The minimum Gasteiger partial charge on any atom is -0.376 e. The maximum absolute atomic E-state index is 12.6. The third kappa shape index (κ3) is 7.17. The lowest BCUT2D eigenvalue weighted by Crippen LogP contribution is -2.52. The Morgan fingerprint density at radius 1 is 1.15 bits per heavy atom. The topological polar surface area (TPSA) is 92.4 Å². The molecule has 0 unspecified atom stereocenters. The zero-order valence-corrected chi connectivity index (χ0v) is 16.4. The molecule has 3 atom stereocenters. The second-order valence-electron chi connectivity index (χ2n) is 7.00. The average Bonchev–Trinajstić information content (AvgIpc) is 2.70. The van der Waals surface area contributed by atoms with Gasteiger partial charge >= 0.3 is 6.03 Å². The van der Waals surface area contributed by atoms with Gasteiger partial charge in [-0.3, -0.25) is 9.78 Å². The van der Waals surface area contributed by atoms with Crippen molar-refractivity contribution in [2.24, 2.45) is 5.92 Å². The standard InChI is InChI=1S/C20H32N4O3/c1-3-9-22-20(26)24-17-6-5-16(13-18(17)27-12-4-2)19(25)23-14-15-7-10-21-11-8-15/h7-8,10-11,16-18H,3-6,9,12-14H2,1-2H3,(H,23,25)(H2,22,24,26)/t16-,17+,18+/m0/s1. The number of urea groups is 1. The van der Waals surface area contributed by atoms with Gasteiger partial charge in [-0.05, 0) is 49.8 Å². The van der Waals surface area contributed by atoms with Gasteiger partial charge < -0.3 is 20.7 Å². The monoisotopic (exact) mass is 376 g/mol. The van der Waals surface area contributed by atoms with Crippen molar-refractivity contribution in [2.75, 3.05) is 13.2 Å². The van der Waals surface area contributed by atoms with Gasteiger partial charge in [-0.1, -0.05) is 13.8 Å². The van der Waals surface area contributed by atoms with Crippen LogP contribution in [0.3, 0.4) is 0 Å². The molecule has 1 aliphatic rings. The molecule has 0 aromatic carbocycles. The second kappa shape index (κ2) is 11.5. The van der Waals surface area contributed by atoms with Crippen molar-refractivity contribution in [2.45, 2.75) is 64.6 Å². The number of hydrogen-bond acceptors (Lipinski definition) is 4. The molecule has 150 valence electrons. The first kappa shape index (κ1) is 21.2. The van der Waals surface area contributed by atoms with Crippen LogP contribution < -0.4 is 16.0 Å². The Labute approximate surface area is 161 Å². The summed E-state index contributed by atoms with van der Waals surface area (Å²) < 4.78 is 5.96. The molecule has 3 amide bonds. The number of hydrogen-bond donors (Lipinski definition) is 3. The lowest BCUT2D eigenvalue weighted by atomic mass is 9.83. The van der Waals surface area contributed by atoms with Crippen molar-refractivity contribution in [3.05, 3.63) is 30.1 Å². The molecule has 0 aliphatic heterocycles. The molecule has 1 fully saturated rings. The quantitative estimate of drug-likeness (QED) is 0.617. The molecule has 7 heteroatoms. The first-order chi connectivity index (χ1) is 13.1. The molecule has 0 spiro atoms. The summed E-state index contributed by atoms with van der Waals surface area (Å²) in [4.78, 5) is 28.6. The molecule has 1 aliphatic carbocycles. The predicted molar refractivity (Wildman–Crippen MR) is 104 cm³/mol. The smallest absolute Gasteiger partial charge is 0.315 e. The second-order valence-corrected chi connectivity index (χ2v) is 7.00. The zero-order valence-electron chi connectivity index (χ0n) is 16.4. The molecule has 0 bridgehead atoms. The van der Waals surface area contributed by atoms with Crippen molar-refractivity contribution in [3.63, 3.8) is 0 Å². The number of pyridine rings is 1. The van der Waals surface area contributed by atoms with E-state index in [1.165, 1.54) is 0 Å². The van der Waals surface area contributed by atoms with E-state index in [1.54, 1.807) is 12.4 Å². The van der Waals surface area contributed by atoms with Crippen LogP contribution in [-0.4, -0.2) is 42.2 Å². The normalized spacial score (nSPS) is 22.1. The van der Waals surface area contributed by atoms with E-state index in [1.807, 2.05) is 19.1 Å². The number of nitrogens with zero attached hydrogens (tertiary/aromatic N) is 1. The predicted octanol–water partition coefficient (Wildman–Crippen LogP) is 2.37. The lowest BCUT2D eigenvalue weighted by molar-refractivity contribution is -0.128. The van der Waals surface area contributed by atoms with Gasteiger partial charge in [0.15, 0.2) is 0 Å². The van der Waals surface area contributed by atoms with E-state index in [9.17, 15) is 9.59 Å². The van der Waals surface area contributed by atoms with E-state index >= 15 is 0 Å². The Hall–Kier alpha value is -2.15. The molecule has 1 saturated carbocycles. The Bertz CT molecular complexity index is 582. The summed E-state index contributed by atoms with van der Waals surface area (Å²) in [6.45, 7) is 5.85. The van der Waals surface area contributed by atoms with Crippen molar-refractivity contribution in [3.8, 4) is 0 Å². The highest BCUT2D eigenvalue weighted by molar-refractivity contribution is 5.79. The van der Waals surface area contributed by atoms with Crippen LogP contribution in [0, 0.1) is 5.92 Å². The van der Waals surface area contributed by atoms with Crippen LogP contribution in [0.2, 0.25) is 0 Å². The van der Waals surface area contributed by atoms with Crippen LogP contribution in [0.1, 0.15) is 51.5 Å². The Morgan fingerprint density at radius 3 is 2.63 bits per heavy atom. The van der Waals surface area contributed by atoms with Gasteiger partial charge in [0.25, 0.3) is 0 Å². The van der Waals surface area contributed by atoms with Crippen molar-refractivity contribution in [1.29, 1.82) is 0 Å². The minimum atomic E-state index is -0.160. The third-order valence-corrected chi connectivity index (χ3v) is 4.77. The highest BCUT2D eigenvalue weighted by atomic mass is 16.5. The number of aromatic nitrogens is 1. The van der Waals surface area contributed by atoms with Crippen molar-refractivity contribution < 1.29 is 14.3 Å². The fraction of sp³-hybridized carbons (Fsp3) is 0.650. The summed E-state index contributed by atoms with van der Waals surface area (Å²) in [6, 6.07) is 3.57. The SMILES string of the molecule is CCCNC(=O)N[C@@H]1CC[C@H](C(=O)NCc2ccncc2)C[C@H]1OCCC. The lowest BCUT2D eigenvalue weighted by Gasteiger charge is -2.35. The summed E-state index contributed by atoms with van der Waals surface area (Å²) in [6.07, 6.45) is 7.21. The number of carbonyl (C=O) groups is 2. The highest BCUT2D eigenvalue weighted by Gasteiger charge is 2.35. The van der Waals surface area contributed by atoms with Gasteiger partial charge in [0.1, 0.15) is 0 Å². The Morgan fingerprint density at radius 2 is 1.93 bits per heavy atom. The van der Waals surface area contributed by atoms with Crippen molar-refractivity contribution in [1.82, 2.24) is 20.9 Å². The molecule has 0 radical (unpaired) electrons. The molecule has 1 heterocycles. The van der Waals surface area contributed by atoms with Gasteiger partial charge in [-0.2, -0.15) is 0 Å². The molecule has 1 aromatic rings. The largest absolute Gasteiger partial charge is 0.376 e. The fourth-order valence-electron chi connectivity index (χ4n) is 3.28. The van der Waals surface area contributed by atoms with E-state index < -0.39 is 0 Å².